The summed E-state index contributed by atoms with van der Waals surface area (Å²) in [6.45, 7) is 5.45. The standard InChI is InChI=1S/C22H26N4/c1-16-13-21(24-20-7-3-2-6-19(16)20)25-11-4-5-18(15-25)22-23-10-12-26(22)14-17-8-9-17/h2-3,6-7,10,12-13,17-18H,4-5,8-9,11,14-15H2,1H3/t18-/m1/s1. The number of rotatable bonds is 4. The minimum Gasteiger partial charge on any atom is -0.356 e. The molecule has 1 saturated heterocycles. The van der Waals surface area contributed by atoms with Crippen molar-refractivity contribution < 1.29 is 0 Å². The minimum absolute atomic E-state index is 0.506. The number of aromatic nitrogens is 3. The second-order valence-corrected chi connectivity index (χ2v) is 7.98. The Hall–Kier alpha value is -2.36. The summed E-state index contributed by atoms with van der Waals surface area (Å²) in [6.07, 6.45) is 9.35. The van der Waals surface area contributed by atoms with Crippen LogP contribution in [0.1, 0.15) is 43.0 Å². The van der Waals surface area contributed by atoms with Crippen LogP contribution in [0.25, 0.3) is 10.9 Å². The maximum atomic E-state index is 4.96. The van der Waals surface area contributed by atoms with E-state index in [1.54, 1.807) is 0 Å². The van der Waals surface area contributed by atoms with Crippen LogP contribution in [0.3, 0.4) is 0 Å². The summed E-state index contributed by atoms with van der Waals surface area (Å²) in [4.78, 5) is 12.1. The van der Waals surface area contributed by atoms with E-state index in [-0.39, 0.29) is 0 Å². The Morgan fingerprint density at radius 1 is 1.15 bits per heavy atom. The third-order valence-electron chi connectivity index (χ3n) is 5.92. The molecule has 0 spiro atoms. The number of fused-ring (bicyclic) bond motifs is 1. The van der Waals surface area contributed by atoms with Gasteiger partial charge in [0.2, 0.25) is 0 Å². The zero-order valence-corrected chi connectivity index (χ0v) is 15.4. The summed E-state index contributed by atoms with van der Waals surface area (Å²) in [5.74, 6) is 3.78. The molecule has 2 aromatic heterocycles. The van der Waals surface area contributed by atoms with Crippen molar-refractivity contribution in [3.05, 3.63) is 54.1 Å². The van der Waals surface area contributed by atoms with Crippen molar-refractivity contribution in [3.63, 3.8) is 0 Å². The predicted octanol–water partition coefficient (Wildman–Crippen LogP) is 4.53. The van der Waals surface area contributed by atoms with E-state index in [0.717, 1.165) is 36.9 Å². The van der Waals surface area contributed by atoms with Crippen molar-refractivity contribution in [2.45, 2.75) is 45.1 Å². The lowest BCUT2D eigenvalue weighted by Gasteiger charge is -2.34. The van der Waals surface area contributed by atoms with E-state index in [9.17, 15) is 0 Å². The molecule has 1 saturated carbocycles. The van der Waals surface area contributed by atoms with E-state index in [1.807, 2.05) is 6.20 Å². The van der Waals surface area contributed by atoms with Gasteiger partial charge in [0.15, 0.2) is 0 Å². The third kappa shape index (κ3) is 2.98. The number of benzene rings is 1. The van der Waals surface area contributed by atoms with E-state index in [0.29, 0.717) is 5.92 Å². The second kappa shape index (κ2) is 6.42. The number of nitrogens with zero attached hydrogens (tertiary/aromatic N) is 4. The Morgan fingerprint density at radius 3 is 2.92 bits per heavy atom. The highest BCUT2D eigenvalue weighted by molar-refractivity contribution is 5.83. The van der Waals surface area contributed by atoms with Gasteiger partial charge >= 0.3 is 0 Å². The van der Waals surface area contributed by atoms with Crippen molar-refractivity contribution in [2.75, 3.05) is 18.0 Å². The third-order valence-corrected chi connectivity index (χ3v) is 5.92. The Kier molecular flexibility index (Phi) is 3.92. The monoisotopic (exact) mass is 346 g/mol. The summed E-state index contributed by atoms with van der Waals surface area (Å²) in [5, 5.41) is 1.25. The molecule has 0 N–H and O–H groups in total. The number of para-hydroxylation sites is 1. The Balaban J connectivity index is 1.41. The van der Waals surface area contributed by atoms with Crippen LogP contribution in [0.4, 0.5) is 5.82 Å². The van der Waals surface area contributed by atoms with Gasteiger partial charge in [0.1, 0.15) is 11.6 Å². The second-order valence-electron chi connectivity index (χ2n) is 7.98. The van der Waals surface area contributed by atoms with Crippen LogP contribution in [0, 0.1) is 12.8 Å². The number of piperidine rings is 1. The molecule has 0 radical (unpaired) electrons. The van der Waals surface area contributed by atoms with Gasteiger partial charge in [-0.3, -0.25) is 0 Å². The average Bonchev–Trinajstić information content (AvgIpc) is 3.37. The lowest BCUT2D eigenvalue weighted by Crippen LogP contribution is -2.36. The normalized spacial score (nSPS) is 20.7. The van der Waals surface area contributed by atoms with Gasteiger partial charge < -0.3 is 9.47 Å². The fourth-order valence-electron chi connectivity index (χ4n) is 4.30. The Morgan fingerprint density at radius 2 is 2.04 bits per heavy atom. The van der Waals surface area contributed by atoms with Gasteiger partial charge in [-0.05, 0) is 56.2 Å². The first-order chi connectivity index (χ1) is 12.8. The van der Waals surface area contributed by atoms with Crippen LogP contribution in [-0.2, 0) is 6.54 Å². The van der Waals surface area contributed by atoms with E-state index in [2.05, 4.69) is 52.9 Å². The van der Waals surface area contributed by atoms with E-state index in [4.69, 9.17) is 9.97 Å². The average molecular weight is 346 g/mol. The molecule has 4 heteroatoms. The zero-order chi connectivity index (χ0) is 17.5. The molecule has 26 heavy (non-hydrogen) atoms. The van der Waals surface area contributed by atoms with Gasteiger partial charge in [0, 0.05) is 43.3 Å². The van der Waals surface area contributed by atoms with Crippen molar-refractivity contribution in [1.29, 1.82) is 0 Å². The van der Waals surface area contributed by atoms with Gasteiger partial charge in [0.05, 0.1) is 5.52 Å². The summed E-state index contributed by atoms with van der Waals surface area (Å²) < 4.78 is 2.41. The molecule has 0 bridgehead atoms. The van der Waals surface area contributed by atoms with Crippen LogP contribution in [0.15, 0.2) is 42.7 Å². The number of hydrogen-bond donors (Lipinski definition) is 0. The molecule has 1 aromatic carbocycles. The lowest BCUT2D eigenvalue weighted by atomic mass is 9.96. The van der Waals surface area contributed by atoms with Gasteiger partial charge in [-0.15, -0.1) is 0 Å². The maximum absolute atomic E-state index is 4.96. The van der Waals surface area contributed by atoms with Gasteiger partial charge in [-0.25, -0.2) is 9.97 Å². The topological polar surface area (TPSA) is 34.0 Å². The van der Waals surface area contributed by atoms with Crippen molar-refractivity contribution in [2.24, 2.45) is 5.92 Å². The number of anilines is 1. The Bertz CT molecular complexity index is 925. The highest BCUT2D eigenvalue weighted by atomic mass is 15.2. The van der Waals surface area contributed by atoms with E-state index >= 15 is 0 Å². The fourth-order valence-corrected chi connectivity index (χ4v) is 4.30. The summed E-state index contributed by atoms with van der Waals surface area (Å²) in [5.41, 5.74) is 2.41. The smallest absolute Gasteiger partial charge is 0.129 e. The number of pyridine rings is 1. The highest BCUT2D eigenvalue weighted by Crippen LogP contribution is 2.34. The quantitative estimate of drug-likeness (QED) is 0.696. The van der Waals surface area contributed by atoms with E-state index < -0.39 is 0 Å². The molecule has 0 unspecified atom stereocenters. The molecular weight excluding hydrogens is 320 g/mol. The van der Waals surface area contributed by atoms with Crippen molar-refractivity contribution in [1.82, 2.24) is 14.5 Å². The minimum atomic E-state index is 0.506. The lowest BCUT2D eigenvalue weighted by molar-refractivity contribution is 0.462. The molecular formula is C22H26N4. The fraction of sp³-hybridized carbons (Fsp3) is 0.455. The number of imidazole rings is 1. The molecule has 3 heterocycles. The molecule has 1 atom stereocenters. The highest BCUT2D eigenvalue weighted by Gasteiger charge is 2.28. The predicted molar refractivity (Wildman–Crippen MR) is 106 cm³/mol. The van der Waals surface area contributed by atoms with Crippen LogP contribution >= 0.6 is 0 Å². The Labute approximate surface area is 154 Å². The van der Waals surface area contributed by atoms with Gasteiger partial charge in [-0.1, -0.05) is 18.2 Å². The first-order valence-corrected chi connectivity index (χ1v) is 9.90. The molecule has 2 aliphatic rings. The molecule has 1 aliphatic carbocycles. The molecule has 1 aliphatic heterocycles. The van der Waals surface area contributed by atoms with Crippen molar-refractivity contribution >= 4 is 16.7 Å². The van der Waals surface area contributed by atoms with E-state index in [1.165, 1.54) is 42.5 Å². The summed E-state index contributed by atoms with van der Waals surface area (Å²) in [6, 6.07) is 10.7. The summed E-state index contributed by atoms with van der Waals surface area (Å²) in [7, 11) is 0. The largest absolute Gasteiger partial charge is 0.356 e. The SMILES string of the molecule is Cc1cc(N2CCC[C@@H](c3nccn3CC3CC3)C2)nc2ccccc12. The molecule has 134 valence electrons. The first kappa shape index (κ1) is 15.9. The van der Waals surface area contributed by atoms with Gasteiger partial charge in [-0.2, -0.15) is 0 Å². The van der Waals surface area contributed by atoms with Crippen LogP contribution in [-0.4, -0.2) is 27.6 Å². The molecule has 3 aromatic rings. The molecule has 0 amide bonds. The molecule has 5 rings (SSSR count). The van der Waals surface area contributed by atoms with Crippen LogP contribution < -0.4 is 4.90 Å². The van der Waals surface area contributed by atoms with Crippen LogP contribution in [0.2, 0.25) is 0 Å². The van der Waals surface area contributed by atoms with Gasteiger partial charge in [0.25, 0.3) is 0 Å². The molecule has 4 nitrogen and oxygen atoms in total. The van der Waals surface area contributed by atoms with Crippen molar-refractivity contribution in [3.8, 4) is 0 Å². The maximum Gasteiger partial charge on any atom is 0.129 e. The van der Waals surface area contributed by atoms with Crippen LogP contribution in [0.5, 0.6) is 0 Å². The zero-order valence-electron chi connectivity index (χ0n) is 15.4. The summed E-state index contributed by atoms with van der Waals surface area (Å²) >= 11 is 0. The first-order valence-electron chi connectivity index (χ1n) is 9.90. The number of aryl methyl sites for hydroxylation is 1. The number of hydrogen-bond acceptors (Lipinski definition) is 3. The molecule has 2 fully saturated rings.